The van der Waals surface area contributed by atoms with Gasteiger partial charge < -0.3 is 5.32 Å². The largest absolute Gasteiger partial charge is 0.307 e. The molecular formula is C22H21N3O3S. The second-order valence-electron chi connectivity index (χ2n) is 7.01. The van der Waals surface area contributed by atoms with Gasteiger partial charge >= 0.3 is 0 Å². The minimum atomic E-state index is -3.77. The highest BCUT2D eigenvalue weighted by Crippen LogP contribution is 2.32. The highest BCUT2D eigenvalue weighted by Gasteiger charge is 2.29. The molecule has 0 bridgehead atoms. The van der Waals surface area contributed by atoms with E-state index < -0.39 is 15.9 Å². The van der Waals surface area contributed by atoms with E-state index in [0.29, 0.717) is 18.1 Å². The first kappa shape index (κ1) is 19.1. The minimum absolute atomic E-state index is 0.0963. The van der Waals surface area contributed by atoms with Gasteiger partial charge in [-0.25, -0.2) is 13.4 Å². The maximum absolute atomic E-state index is 13.3. The van der Waals surface area contributed by atoms with Crippen LogP contribution < -0.4 is 9.62 Å². The van der Waals surface area contributed by atoms with Gasteiger partial charge in [0.2, 0.25) is 0 Å². The van der Waals surface area contributed by atoms with E-state index in [1.165, 1.54) is 16.4 Å². The first-order valence-electron chi connectivity index (χ1n) is 9.40. The van der Waals surface area contributed by atoms with Gasteiger partial charge in [0, 0.05) is 18.3 Å². The third-order valence-corrected chi connectivity index (χ3v) is 6.72. The third kappa shape index (κ3) is 3.86. The summed E-state index contributed by atoms with van der Waals surface area (Å²) < 4.78 is 28.1. The van der Waals surface area contributed by atoms with Crippen LogP contribution in [0.4, 0.5) is 11.5 Å². The van der Waals surface area contributed by atoms with Crippen molar-refractivity contribution in [2.24, 2.45) is 0 Å². The number of hydrogen-bond acceptors (Lipinski definition) is 4. The van der Waals surface area contributed by atoms with E-state index in [0.717, 1.165) is 24.0 Å². The number of amides is 1. The summed E-state index contributed by atoms with van der Waals surface area (Å²) in [5.74, 6) is 0.0208. The van der Waals surface area contributed by atoms with Crippen LogP contribution in [0.25, 0.3) is 0 Å². The van der Waals surface area contributed by atoms with Crippen LogP contribution in [0.1, 0.15) is 27.9 Å². The Morgan fingerprint density at radius 2 is 1.90 bits per heavy atom. The average molecular weight is 407 g/mol. The molecule has 4 rings (SSSR count). The number of aryl methyl sites for hydroxylation is 2. The van der Waals surface area contributed by atoms with Gasteiger partial charge in [0.25, 0.3) is 15.9 Å². The number of pyridine rings is 1. The standard InChI is InChI=1S/C22H21N3O3S/c1-16-11-12-23-21(14-16)24-22(26)18-7-4-9-19(15-18)29(27,28)25-13-5-8-17-6-2-3-10-20(17)25/h2-4,6-7,9-12,14-15H,5,8,13H2,1H3,(H,23,24,26). The lowest BCUT2D eigenvalue weighted by Crippen LogP contribution is -2.35. The lowest BCUT2D eigenvalue weighted by molar-refractivity contribution is 0.102. The quantitative estimate of drug-likeness (QED) is 0.714. The van der Waals surface area contributed by atoms with Crippen LogP contribution in [0.3, 0.4) is 0 Å². The zero-order valence-electron chi connectivity index (χ0n) is 16.0. The van der Waals surface area contributed by atoms with Crippen LogP contribution in [-0.4, -0.2) is 25.9 Å². The average Bonchev–Trinajstić information content (AvgIpc) is 2.73. The zero-order valence-corrected chi connectivity index (χ0v) is 16.8. The second kappa shape index (κ2) is 7.67. The molecule has 1 aromatic heterocycles. The lowest BCUT2D eigenvalue weighted by atomic mass is 10.0. The molecule has 0 spiro atoms. The van der Waals surface area contributed by atoms with Crippen molar-refractivity contribution in [2.75, 3.05) is 16.2 Å². The number of carbonyl (C=O) groups is 1. The smallest absolute Gasteiger partial charge is 0.264 e. The third-order valence-electron chi connectivity index (χ3n) is 4.91. The number of rotatable bonds is 4. The van der Waals surface area contributed by atoms with Crippen LogP contribution in [0.15, 0.2) is 71.8 Å². The van der Waals surface area contributed by atoms with E-state index in [-0.39, 0.29) is 10.5 Å². The van der Waals surface area contributed by atoms with Crippen LogP contribution in [0.2, 0.25) is 0 Å². The van der Waals surface area contributed by atoms with Gasteiger partial charge in [0.1, 0.15) is 5.82 Å². The van der Waals surface area contributed by atoms with E-state index >= 15 is 0 Å². The second-order valence-corrected chi connectivity index (χ2v) is 8.87. The lowest BCUT2D eigenvalue weighted by Gasteiger charge is -2.30. The molecule has 1 aliphatic rings. The molecule has 0 aliphatic carbocycles. The Hall–Kier alpha value is -3.19. The molecule has 1 N–H and O–H groups in total. The molecule has 6 nitrogen and oxygen atoms in total. The summed E-state index contributed by atoms with van der Waals surface area (Å²) in [5, 5.41) is 2.71. The number of nitrogens with zero attached hydrogens (tertiary/aromatic N) is 2. The Kier molecular flexibility index (Phi) is 5.07. The van der Waals surface area contributed by atoms with Crippen LogP contribution in [0, 0.1) is 6.92 Å². The summed E-state index contributed by atoms with van der Waals surface area (Å²) in [6, 6.07) is 17.2. The Balaban J connectivity index is 1.64. The van der Waals surface area contributed by atoms with Crippen molar-refractivity contribution < 1.29 is 13.2 Å². The van der Waals surface area contributed by atoms with Gasteiger partial charge in [-0.2, -0.15) is 0 Å². The van der Waals surface area contributed by atoms with E-state index in [1.807, 2.05) is 37.3 Å². The number of fused-ring (bicyclic) bond motifs is 1. The van der Waals surface area contributed by atoms with Crippen molar-refractivity contribution in [2.45, 2.75) is 24.7 Å². The normalized spacial score (nSPS) is 13.6. The topological polar surface area (TPSA) is 79.4 Å². The van der Waals surface area contributed by atoms with Crippen molar-refractivity contribution in [3.8, 4) is 0 Å². The fraction of sp³-hybridized carbons (Fsp3) is 0.182. The molecule has 0 saturated heterocycles. The molecule has 0 atom stereocenters. The van der Waals surface area contributed by atoms with Gasteiger partial charge in [0.05, 0.1) is 10.6 Å². The number of carbonyl (C=O) groups excluding carboxylic acids is 1. The first-order valence-corrected chi connectivity index (χ1v) is 10.8. The molecule has 7 heteroatoms. The summed E-state index contributed by atoms with van der Waals surface area (Å²) in [4.78, 5) is 16.8. The van der Waals surface area contributed by atoms with E-state index in [9.17, 15) is 13.2 Å². The van der Waals surface area contributed by atoms with Gasteiger partial charge in [-0.15, -0.1) is 0 Å². The Labute approximate surface area is 170 Å². The number of nitrogens with one attached hydrogen (secondary N) is 1. The summed E-state index contributed by atoms with van der Waals surface area (Å²) in [6.07, 6.45) is 3.23. The molecule has 0 radical (unpaired) electrons. The number of aromatic nitrogens is 1. The fourth-order valence-electron chi connectivity index (χ4n) is 3.47. The number of para-hydroxylation sites is 1. The minimum Gasteiger partial charge on any atom is -0.307 e. The summed E-state index contributed by atoms with van der Waals surface area (Å²) >= 11 is 0. The predicted molar refractivity (Wildman–Crippen MR) is 113 cm³/mol. The van der Waals surface area contributed by atoms with Gasteiger partial charge in [-0.1, -0.05) is 24.3 Å². The summed E-state index contributed by atoms with van der Waals surface area (Å²) in [7, 11) is -3.77. The van der Waals surface area contributed by atoms with Crippen molar-refractivity contribution in [1.82, 2.24) is 4.98 Å². The fourth-order valence-corrected chi connectivity index (χ4v) is 5.05. The highest BCUT2D eigenvalue weighted by atomic mass is 32.2. The monoisotopic (exact) mass is 407 g/mol. The van der Waals surface area contributed by atoms with E-state index in [1.54, 1.807) is 24.4 Å². The molecule has 148 valence electrons. The SMILES string of the molecule is Cc1ccnc(NC(=O)c2cccc(S(=O)(=O)N3CCCc4ccccc43)c2)c1. The number of hydrogen-bond donors (Lipinski definition) is 1. The number of benzene rings is 2. The summed E-state index contributed by atoms with van der Waals surface area (Å²) in [6.45, 7) is 2.32. The Bertz CT molecular complexity index is 1180. The van der Waals surface area contributed by atoms with Crippen molar-refractivity contribution in [3.05, 3.63) is 83.6 Å². The van der Waals surface area contributed by atoms with Crippen molar-refractivity contribution in [1.29, 1.82) is 0 Å². The van der Waals surface area contributed by atoms with Gasteiger partial charge in [-0.3, -0.25) is 9.10 Å². The Morgan fingerprint density at radius 1 is 1.07 bits per heavy atom. The molecule has 0 fully saturated rings. The Morgan fingerprint density at radius 3 is 2.72 bits per heavy atom. The van der Waals surface area contributed by atoms with Crippen LogP contribution in [-0.2, 0) is 16.4 Å². The maximum Gasteiger partial charge on any atom is 0.264 e. The van der Waals surface area contributed by atoms with Crippen LogP contribution >= 0.6 is 0 Å². The molecule has 0 saturated carbocycles. The van der Waals surface area contributed by atoms with Crippen molar-refractivity contribution in [3.63, 3.8) is 0 Å². The highest BCUT2D eigenvalue weighted by molar-refractivity contribution is 7.92. The van der Waals surface area contributed by atoms with E-state index in [2.05, 4.69) is 10.3 Å². The molecule has 1 amide bonds. The first-order chi connectivity index (χ1) is 13.9. The van der Waals surface area contributed by atoms with Crippen molar-refractivity contribution >= 4 is 27.4 Å². The molecule has 1 aliphatic heterocycles. The molecule has 29 heavy (non-hydrogen) atoms. The number of sulfonamides is 1. The zero-order chi connectivity index (χ0) is 20.4. The summed E-state index contributed by atoms with van der Waals surface area (Å²) in [5.41, 5.74) is 2.95. The van der Waals surface area contributed by atoms with Crippen LogP contribution in [0.5, 0.6) is 0 Å². The molecular weight excluding hydrogens is 386 g/mol. The van der Waals surface area contributed by atoms with Gasteiger partial charge in [0.15, 0.2) is 0 Å². The predicted octanol–water partition coefficient (Wildman–Crippen LogP) is 3.78. The van der Waals surface area contributed by atoms with E-state index in [4.69, 9.17) is 0 Å². The number of anilines is 2. The molecule has 2 aromatic carbocycles. The molecule has 0 unspecified atom stereocenters. The maximum atomic E-state index is 13.3. The molecule has 3 aromatic rings. The van der Waals surface area contributed by atoms with Gasteiger partial charge in [-0.05, 0) is 67.3 Å². The molecule has 2 heterocycles.